The zero-order chi connectivity index (χ0) is 13.4. The van der Waals surface area contributed by atoms with Crippen molar-refractivity contribution in [2.75, 3.05) is 0 Å². The van der Waals surface area contributed by atoms with E-state index in [9.17, 15) is 26.3 Å². The summed E-state index contributed by atoms with van der Waals surface area (Å²) in [6.45, 7) is 0. The second-order valence-corrected chi connectivity index (χ2v) is 3.79. The molecular weight excluding hydrogens is 293 g/mol. The highest BCUT2D eigenvalue weighted by molar-refractivity contribution is 6.31. The van der Waals surface area contributed by atoms with Crippen LogP contribution in [0, 0.1) is 0 Å². The Bertz CT molecular complexity index is 421. The molecule has 0 amide bonds. The van der Waals surface area contributed by atoms with Crippen LogP contribution in [0.5, 0.6) is 0 Å². The molecule has 0 aliphatic rings. The molecule has 0 heterocycles. The molecule has 96 valence electrons. The summed E-state index contributed by atoms with van der Waals surface area (Å²) in [5.41, 5.74) is -3.25. The van der Waals surface area contributed by atoms with Crippen LogP contribution >= 0.6 is 23.2 Å². The van der Waals surface area contributed by atoms with E-state index in [-0.39, 0.29) is 6.07 Å². The molecule has 17 heavy (non-hydrogen) atoms. The number of rotatable bonds is 1. The minimum absolute atomic E-state index is 0.238. The Morgan fingerprint density at radius 3 is 1.71 bits per heavy atom. The maximum absolute atomic E-state index is 12.4. The average molecular weight is 297 g/mol. The maximum Gasteiger partial charge on any atom is 0.417 e. The standard InChI is InChI=1S/C9H4Cl2F6/c10-3-4-1-6(9(15,16)17)7(11)2-5(4)8(12,13)14/h1-2H,3H2. The maximum atomic E-state index is 12.4. The molecule has 0 saturated carbocycles. The fourth-order valence-corrected chi connectivity index (χ4v) is 1.70. The molecule has 0 spiro atoms. The van der Waals surface area contributed by atoms with Gasteiger partial charge in [0, 0.05) is 5.88 Å². The van der Waals surface area contributed by atoms with Gasteiger partial charge in [0.15, 0.2) is 0 Å². The molecule has 0 saturated heterocycles. The molecule has 1 rings (SSSR count). The summed E-state index contributed by atoms with van der Waals surface area (Å²) in [7, 11) is 0. The molecule has 0 aliphatic carbocycles. The van der Waals surface area contributed by atoms with Gasteiger partial charge in [-0.2, -0.15) is 26.3 Å². The van der Waals surface area contributed by atoms with Crippen molar-refractivity contribution in [1.82, 2.24) is 0 Å². The fraction of sp³-hybridized carbons (Fsp3) is 0.333. The van der Waals surface area contributed by atoms with Crippen molar-refractivity contribution in [1.29, 1.82) is 0 Å². The van der Waals surface area contributed by atoms with E-state index in [1.807, 2.05) is 0 Å². The third-order valence-corrected chi connectivity index (χ3v) is 2.55. The van der Waals surface area contributed by atoms with E-state index in [0.29, 0.717) is 6.07 Å². The molecule has 0 aromatic heterocycles. The summed E-state index contributed by atoms with van der Waals surface area (Å²) in [5, 5.41) is -1.00. The van der Waals surface area contributed by atoms with Gasteiger partial charge in [-0.1, -0.05) is 11.6 Å². The van der Waals surface area contributed by atoms with Gasteiger partial charge in [-0.25, -0.2) is 0 Å². The minimum Gasteiger partial charge on any atom is -0.166 e. The predicted molar refractivity (Wildman–Crippen MR) is 51.0 cm³/mol. The van der Waals surface area contributed by atoms with Gasteiger partial charge in [-0.3, -0.25) is 0 Å². The zero-order valence-corrected chi connectivity index (χ0v) is 9.40. The molecule has 0 nitrogen and oxygen atoms in total. The second kappa shape index (κ2) is 4.57. The Balaban J connectivity index is 3.46. The number of benzene rings is 1. The summed E-state index contributed by atoms with van der Waals surface area (Å²) in [6, 6.07) is 0.556. The van der Waals surface area contributed by atoms with Crippen molar-refractivity contribution in [2.45, 2.75) is 18.2 Å². The molecule has 0 radical (unpaired) electrons. The van der Waals surface area contributed by atoms with Crippen LogP contribution in [0.15, 0.2) is 12.1 Å². The minimum atomic E-state index is -4.82. The summed E-state index contributed by atoms with van der Waals surface area (Å²) in [6.07, 6.45) is -9.61. The first-order valence-electron chi connectivity index (χ1n) is 4.10. The highest BCUT2D eigenvalue weighted by Gasteiger charge is 2.38. The van der Waals surface area contributed by atoms with Crippen molar-refractivity contribution >= 4 is 23.2 Å². The molecule has 0 aliphatic heterocycles. The van der Waals surface area contributed by atoms with Crippen molar-refractivity contribution in [3.05, 3.63) is 33.8 Å². The summed E-state index contributed by atoms with van der Waals surface area (Å²) in [5.74, 6) is -0.685. The van der Waals surface area contributed by atoms with Gasteiger partial charge in [0.05, 0.1) is 16.1 Å². The number of alkyl halides is 7. The summed E-state index contributed by atoms with van der Waals surface area (Å²) >= 11 is 10.4. The topological polar surface area (TPSA) is 0 Å². The van der Waals surface area contributed by atoms with Crippen molar-refractivity contribution in [2.24, 2.45) is 0 Å². The van der Waals surface area contributed by atoms with Gasteiger partial charge in [-0.15, -0.1) is 11.6 Å². The first-order chi connectivity index (χ1) is 7.57. The third-order valence-electron chi connectivity index (χ3n) is 1.95. The number of hydrogen-bond acceptors (Lipinski definition) is 0. The zero-order valence-electron chi connectivity index (χ0n) is 7.89. The van der Waals surface area contributed by atoms with Crippen LogP contribution < -0.4 is 0 Å². The third kappa shape index (κ3) is 3.19. The van der Waals surface area contributed by atoms with Crippen LogP contribution in [-0.4, -0.2) is 0 Å². The lowest BCUT2D eigenvalue weighted by Gasteiger charge is -2.15. The van der Waals surface area contributed by atoms with Crippen LogP contribution in [0.3, 0.4) is 0 Å². The van der Waals surface area contributed by atoms with Crippen LogP contribution in [-0.2, 0) is 18.2 Å². The largest absolute Gasteiger partial charge is 0.417 e. The molecular formula is C9H4Cl2F6. The van der Waals surface area contributed by atoms with Gasteiger partial charge in [0.25, 0.3) is 0 Å². The van der Waals surface area contributed by atoms with Gasteiger partial charge < -0.3 is 0 Å². The average Bonchev–Trinajstić information content (AvgIpc) is 2.14. The first-order valence-corrected chi connectivity index (χ1v) is 5.01. The van der Waals surface area contributed by atoms with E-state index in [0.717, 1.165) is 0 Å². The molecule has 0 N–H and O–H groups in total. The van der Waals surface area contributed by atoms with Crippen LogP contribution in [0.25, 0.3) is 0 Å². The SMILES string of the molecule is FC(F)(F)c1cc(CCl)c(C(F)(F)F)cc1Cl. The van der Waals surface area contributed by atoms with E-state index in [2.05, 4.69) is 0 Å². The highest BCUT2D eigenvalue weighted by Crippen LogP contribution is 2.41. The molecule has 0 bridgehead atoms. The van der Waals surface area contributed by atoms with Crippen LogP contribution in [0.4, 0.5) is 26.3 Å². The Labute approximate surface area is 102 Å². The summed E-state index contributed by atoms with van der Waals surface area (Å²) in [4.78, 5) is 0. The lowest BCUT2D eigenvalue weighted by molar-refractivity contribution is -0.141. The molecule has 1 aromatic carbocycles. The lowest BCUT2D eigenvalue weighted by atomic mass is 10.0. The Hall–Kier alpha value is -0.620. The van der Waals surface area contributed by atoms with Gasteiger partial charge in [0.1, 0.15) is 0 Å². The highest BCUT2D eigenvalue weighted by atomic mass is 35.5. The van der Waals surface area contributed by atoms with E-state index in [1.165, 1.54) is 0 Å². The van der Waals surface area contributed by atoms with E-state index in [4.69, 9.17) is 23.2 Å². The first kappa shape index (κ1) is 14.4. The van der Waals surface area contributed by atoms with Crippen molar-refractivity contribution in [3.8, 4) is 0 Å². The second-order valence-electron chi connectivity index (χ2n) is 3.12. The van der Waals surface area contributed by atoms with Gasteiger partial charge in [-0.05, 0) is 17.7 Å². The summed E-state index contributed by atoms with van der Waals surface area (Å²) < 4.78 is 74.5. The van der Waals surface area contributed by atoms with Crippen molar-refractivity contribution in [3.63, 3.8) is 0 Å². The van der Waals surface area contributed by atoms with Crippen LogP contribution in [0.1, 0.15) is 16.7 Å². The Morgan fingerprint density at radius 1 is 0.882 bits per heavy atom. The smallest absolute Gasteiger partial charge is 0.166 e. The van der Waals surface area contributed by atoms with E-state index >= 15 is 0 Å². The molecule has 8 heteroatoms. The molecule has 0 fully saturated rings. The van der Waals surface area contributed by atoms with Gasteiger partial charge in [0.2, 0.25) is 0 Å². The normalized spacial score (nSPS) is 12.9. The molecule has 0 atom stereocenters. The Kier molecular flexibility index (Phi) is 3.88. The molecule has 0 unspecified atom stereocenters. The van der Waals surface area contributed by atoms with E-state index < -0.39 is 39.9 Å². The number of hydrogen-bond donors (Lipinski definition) is 0. The van der Waals surface area contributed by atoms with Gasteiger partial charge >= 0.3 is 12.4 Å². The Morgan fingerprint density at radius 2 is 1.35 bits per heavy atom. The monoisotopic (exact) mass is 296 g/mol. The van der Waals surface area contributed by atoms with Crippen molar-refractivity contribution < 1.29 is 26.3 Å². The lowest BCUT2D eigenvalue weighted by Crippen LogP contribution is -2.13. The number of halogens is 8. The van der Waals surface area contributed by atoms with E-state index in [1.54, 1.807) is 0 Å². The fourth-order valence-electron chi connectivity index (χ4n) is 1.21. The predicted octanol–water partition coefficient (Wildman–Crippen LogP) is 5.12. The molecule has 1 aromatic rings. The van der Waals surface area contributed by atoms with Crippen LogP contribution in [0.2, 0.25) is 5.02 Å². The quantitative estimate of drug-likeness (QED) is 0.499.